The molecule has 4 rings (SSSR count). The molecule has 3 aromatic rings. The zero-order chi connectivity index (χ0) is 18.1. The normalized spacial score (nSPS) is 13.8. The van der Waals surface area contributed by atoms with Gasteiger partial charge in [-0.1, -0.05) is 12.1 Å². The van der Waals surface area contributed by atoms with E-state index in [-0.39, 0.29) is 13.2 Å². The number of amides is 2. The summed E-state index contributed by atoms with van der Waals surface area (Å²) in [6.45, 7) is -0.287. The van der Waals surface area contributed by atoms with E-state index >= 15 is 0 Å². The second-order valence-corrected chi connectivity index (χ2v) is 5.89. The third-order valence-corrected chi connectivity index (χ3v) is 4.34. The minimum absolute atomic E-state index is 0.0194. The Bertz CT molecular complexity index is 1000. The molecule has 2 amide bonds. The number of nitrogens with one attached hydrogen (secondary N) is 2. The van der Waals surface area contributed by atoms with Crippen molar-refractivity contribution in [2.24, 2.45) is 5.10 Å². The lowest BCUT2D eigenvalue weighted by molar-refractivity contribution is 0.0580. The van der Waals surface area contributed by atoms with Gasteiger partial charge in [-0.25, -0.2) is 0 Å². The van der Waals surface area contributed by atoms with E-state index < -0.39 is 11.8 Å². The average molecular weight is 348 g/mol. The molecule has 0 atom stereocenters. The second kappa shape index (κ2) is 6.45. The highest BCUT2D eigenvalue weighted by Gasteiger charge is 2.32. The van der Waals surface area contributed by atoms with Crippen molar-refractivity contribution in [1.29, 1.82) is 0 Å². The number of rotatable bonds is 5. The molecule has 0 radical (unpaired) electrons. The quantitative estimate of drug-likeness (QED) is 0.374. The summed E-state index contributed by atoms with van der Waals surface area (Å²) in [6, 6.07) is 10.6. The zero-order valence-electron chi connectivity index (χ0n) is 13.8. The van der Waals surface area contributed by atoms with Crippen LogP contribution < -0.4 is 5.43 Å². The fraction of sp³-hybridized carbons (Fsp3) is 0.105. The summed E-state index contributed by atoms with van der Waals surface area (Å²) in [4.78, 5) is 29.3. The van der Waals surface area contributed by atoms with Gasteiger partial charge in [-0.15, -0.1) is 0 Å². The molecule has 0 saturated carbocycles. The minimum atomic E-state index is -0.393. The van der Waals surface area contributed by atoms with E-state index in [4.69, 9.17) is 5.11 Å². The number of anilines is 1. The van der Waals surface area contributed by atoms with E-state index in [1.165, 1.54) is 0 Å². The highest BCUT2D eigenvalue weighted by Crippen LogP contribution is 2.34. The van der Waals surface area contributed by atoms with E-state index in [0.717, 1.165) is 15.8 Å². The van der Waals surface area contributed by atoms with Crippen molar-refractivity contribution >= 4 is 34.5 Å². The molecule has 0 aliphatic carbocycles. The van der Waals surface area contributed by atoms with Crippen LogP contribution in [0.1, 0.15) is 26.3 Å². The molecule has 3 N–H and O–H groups in total. The van der Waals surface area contributed by atoms with E-state index in [1.807, 2.05) is 18.3 Å². The summed E-state index contributed by atoms with van der Waals surface area (Å²) >= 11 is 0. The van der Waals surface area contributed by atoms with Gasteiger partial charge in [0.2, 0.25) is 0 Å². The summed E-state index contributed by atoms with van der Waals surface area (Å²) < 4.78 is 0. The van der Waals surface area contributed by atoms with Crippen molar-refractivity contribution in [3.63, 3.8) is 0 Å². The largest absolute Gasteiger partial charge is 0.395 e. The molecule has 1 aliphatic heterocycles. The van der Waals surface area contributed by atoms with E-state index in [9.17, 15) is 9.59 Å². The lowest BCUT2D eigenvalue weighted by atomic mass is 9.93. The minimum Gasteiger partial charge on any atom is -0.395 e. The smallest absolute Gasteiger partial charge is 0.261 e. The number of aromatic nitrogens is 1. The first-order valence-corrected chi connectivity index (χ1v) is 8.15. The van der Waals surface area contributed by atoms with Crippen LogP contribution in [0.5, 0.6) is 0 Å². The molecule has 0 spiro atoms. The molecule has 2 heterocycles. The van der Waals surface area contributed by atoms with Gasteiger partial charge in [0, 0.05) is 39.9 Å². The Morgan fingerprint density at radius 2 is 1.92 bits per heavy atom. The van der Waals surface area contributed by atoms with Crippen LogP contribution in [0.25, 0.3) is 10.8 Å². The Labute approximate surface area is 148 Å². The maximum atomic E-state index is 12.6. The SMILES string of the molecule is O=C1c2cccc3c(N/N=C/c4cc[nH]c4)ccc(c23)C(=O)N1CCO. The fourth-order valence-electron chi connectivity index (χ4n) is 3.14. The lowest BCUT2D eigenvalue weighted by Crippen LogP contribution is -2.41. The number of carbonyl (C=O) groups excluding carboxylic acids is 2. The number of hydrogen-bond acceptors (Lipinski definition) is 5. The second-order valence-electron chi connectivity index (χ2n) is 5.89. The van der Waals surface area contributed by atoms with Crippen molar-refractivity contribution in [2.75, 3.05) is 18.6 Å². The summed E-state index contributed by atoms with van der Waals surface area (Å²) in [5, 5.41) is 14.7. The van der Waals surface area contributed by atoms with E-state index in [0.29, 0.717) is 22.2 Å². The summed E-state index contributed by atoms with van der Waals surface area (Å²) in [5.41, 5.74) is 5.49. The average Bonchev–Trinajstić information content (AvgIpc) is 3.17. The number of β-amino-alcohol motifs (C(OH)–C–C–N with tert-alkyl or cyclic N) is 1. The number of aliphatic hydroxyl groups excluding tert-OH is 1. The highest BCUT2D eigenvalue weighted by molar-refractivity contribution is 6.26. The van der Waals surface area contributed by atoms with Crippen LogP contribution in [0.4, 0.5) is 5.69 Å². The Hall–Kier alpha value is -3.45. The van der Waals surface area contributed by atoms with Crippen LogP contribution in [0, 0.1) is 0 Å². The Morgan fingerprint density at radius 3 is 2.65 bits per heavy atom. The molecule has 0 bridgehead atoms. The first kappa shape index (κ1) is 16.0. The molecule has 1 aromatic heterocycles. The van der Waals surface area contributed by atoms with Crippen LogP contribution in [0.15, 0.2) is 53.9 Å². The van der Waals surface area contributed by atoms with Gasteiger partial charge in [0.25, 0.3) is 11.8 Å². The standard InChI is InChI=1S/C19H16N4O3/c24-9-8-23-18(25)14-3-1-2-13-16(5-4-15(17(13)14)19(23)26)22-21-11-12-6-7-20-10-12/h1-7,10-11,20,22,24H,8-9H2/b21-11+. The van der Waals surface area contributed by atoms with Gasteiger partial charge < -0.3 is 10.1 Å². The fourth-order valence-corrected chi connectivity index (χ4v) is 3.14. The number of carbonyl (C=O) groups is 2. The Balaban J connectivity index is 1.77. The van der Waals surface area contributed by atoms with Crippen LogP contribution in [-0.4, -0.2) is 46.2 Å². The van der Waals surface area contributed by atoms with Gasteiger partial charge >= 0.3 is 0 Å². The number of imide groups is 1. The van der Waals surface area contributed by atoms with Gasteiger partial charge in [-0.3, -0.25) is 19.9 Å². The molecule has 130 valence electrons. The number of hydrazone groups is 1. The van der Waals surface area contributed by atoms with E-state index in [2.05, 4.69) is 15.5 Å². The number of nitrogens with zero attached hydrogens (tertiary/aromatic N) is 2. The van der Waals surface area contributed by atoms with Gasteiger partial charge in [0.1, 0.15) is 0 Å². The molecule has 2 aromatic carbocycles. The topological polar surface area (TPSA) is 97.8 Å². The van der Waals surface area contributed by atoms with Crippen LogP contribution in [0.3, 0.4) is 0 Å². The monoisotopic (exact) mass is 348 g/mol. The molecule has 7 nitrogen and oxygen atoms in total. The highest BCUT2D eigenvalue weighted by atomic mass is 16.3. The third kappa shape index (κ3) is 2.55. The predicted octanol–water partition coefficient (Wildman–Crippen LogP) is 2.20. The van der Waals surface area contributed by atoms with Gasteiger partial charge in [-0.05, 0) is 24.3 Å². The van der Waals surface area contributed by atoms with Gasteiger partial charge in [-0.2, -0.15) is 5.10 Å². The number of hydrogen-bond donors (Lipinski definition) is 3. The first-order valence-electron chi connectivity index (χ1n) is 8.15. The molecular weight excluding hydrogens is 332 g/mol. The number of H-pyrrole nitrogens is 1. The Kier molecular flexibility index (Phi) is 3.98. The maximum Gasteiger partial charge on any atom is 0.261 e. The van der Waals surface area contributed by atoms with Crippen molar-refractivity contribution in [1.82, 2.24) is 9.88 Å². The molecule has 1 aliphatic rings. The predicted molar refractivity (Wildman–Crippen MR) is 98.4 cm³/mol. The number of aliphatic hydroxyl groups is 1. The van der Waals surface area contributed by atoms with Crippen LogP contribution >= 0.6 is 0 Å². The third-order valence-electron chi connectivity index (χ3n) is 4.34. The molecule has 26 heavy (non-hydrogen) atoms. The van der Waals surface area contributed by atoms with Crippen molar-refractivity contribution in [3.8, 4) is 0 Å². The molecule has 7 heteroatoms. The molecular formula is C19H16N4O3. The maximum absolute atomic E-state index is 12.6. The number of benzene rings is 2. The van der Waals surface area contributed by atoms with Crippen LogP contribution in [-0.2, 0) is 0 Å². The zero-order valence-corrected chi connectivity index (χ0v) is 13.8. The lowest BCUT2D eigenvalue weighted by Gasteiger charge is -2.27. The summed E-state index contributed by atoms with van der Waals surface area (Å²) in [7, 11) is 0. The van der Waals surface area contributed by atoms with Gasteiger partial charge in [0.05, 0.1) is 25.1 Å². The van der Waals surface area contributed by atoms with Crippen molar-refractivity contribution in [3.05, 3.63) is 65.5 Å². The first-order chi connectivity index (χ1) is 12.7. The van der Waals surface area contributed by atoms with Crippen molar-refractivity contribution < 1.29 is 14.7 Å². The van der Waals surface area contributed by atoms with E-state index in [1.54, 1.807) is 36.7 Å². The van der Waals surface area contributed by atoms with Crippen LogP contribution in [0.2, 0.25) is 0 Å². The molecule has 0 saturated heterocycles. The summed E-state index contributed by atoms with van der Waals surface area (Å²) in [6.07, 6.45) is 5.29. The Morgan fingerprint density at radius 1 is 1.12 bits per heavy atom. The molecule has 0 fully saturated rings. The molecule has 0 unspecified atom stereocenters. The van der Waals surface area contributed by atoms with Crippen molar-refractivity contribution in [2.45, 2.75) is 0 Å². The van der Waals surface area contributed by atoms with Gasteiger partial charge in [0.15, 0.2) is 0 Å². The number of aromatic amines is 1. The summed E-state index contributed by atoms with van der Waals surface area (Å²) in [5.74, 6) is -0.787.